The van der Waals surface area contributed by atoms with Crippen LogP contribution in [-0.4, -0.2) is 17.6 Å². The Balaban J connectivity index is 1.91. The van der Waals surface area contributed by atoms with E-state index in [0.29, 0.717) is 6.04 Å². The number of rotatable bonds is 7. The molecule has 0 bridgehead atoms. The molecular weight excluding hydrogens is 252 g/mol. The van der Waals surface area contributed by atoms with Crippen LogP contribution in [0.25, 0.3) is 0 Å². The maximum atomic E-state index is 4.71. The fourth-order valence-electron chi connectivity index (χ4n) is 3.07. The van der Waals surface area contributed by atoms with Crippen molar-refractivity contribution >= 4 is 11.3 Å². The molecule has 1 aliphatic rings. The Hall–Kier alpha value is -0.410. The molecule has 1 aromatic heterocycles. The molecule has 2 rings (SSSR count). The van der Waals surface area contributed by atoms with E-state index in [4.69, 9.17) is 4.98 Å². The third-order valence-electron chi connectivity index (χ3n) is 4.27. The molecular formula is C16H28N2S. The maximum absolute atomic E-state index is 4.71. The van der Waals surface area contributed by atoms with Crippen molar-refractivity contribution in [2.24, 2.45) is 5.92 Å². The van der Waals surface area contributed by atoms with Crippen molar-refractivity contribution in [3.05, 3.63) is 15.6 Å². The molecule has 108 valence electrons. The van der Waals surface area contributed by atoms with Crippen LogP contribution in [0.5, 0.6) is 0 Å². The zero-order chi connectivity index (χ0) is 13.7. The van der Waals surface area contributed by atoms with Gasteiger partial charge < -0.3 is 5.32 Å². The lowest BCUT2D eigenvalue weighted by molar-refractivity contribution is 0.384. The van der Waals surface area contributed by atoms with E-state index >= 15 is 0 Å². The summed E-state index contributed by atoms with van der Waals surface area (Å²) in [6.07, 6.45) is 9.46. The van der Waals surface area contributed by atoms with Gasteiger partial charge in [-0.05, 0) is 39.2 Å². The van der Waals surface area contributed by atoms with Crippen molar-refractivity contribution < 1.29 is 0 Å². The van der Waals surface area contributed by atoms with Gasteiger partial charge in [0.05, 0.1) is 10.7 Å². The van der Waals surface area contributed by atoms with Gasteiger partial charge in [-0.1, -0.05) is 32.6 Å². The lowest BCUT2D eigenvalue weighted by Gasteiger charge is -2.21. The van der Waals surface area contributed by atoms with E-state index in [-0.39, 0.29) is 0 Å². The first-order chi connectivity index (χ1) is 9.19. The number of thiazole rings is 1. The second kappa shape index (κ2) is 7.39. The molecule has 0 saturated heterocycles. The van der Waals surface area contributed by atoms with Gasteiger partial charge in [0.2, 0.25) is 0 Å². The van der Waals surface area contributed by atoms with Crippen molar-refractivity contribution in [1.82, 2.24) is 10.3 Å². The van der Waals surface area contributed by atoms with Gasteiger partial charge in [-0.25, -0.2) is 4.98 Å². The molecule has 2 nitrogen and oxygen atoms in total. The largest absolute Gasteiger partial charge is 0.314 e. The predicted octanol–water partition coefficient (Wildman–Crippen LogP) is 4.25. The first kappa shape index (κ1) is 15.0. The molecule has 19 heavy (non-hydrogen) atoms. The van der Waals surface area contributed by atoms with Gasteiger partial charge in [-0.15, -0.1) is 11.3 Å². The average molecular weight is 280 g/mol. The van der Waals surface area contributed by atoms with E-state index in [1.54, 1.807) is 0 Å². The first-order valence-corrected chi connectivity index (χ1v) is 8.67. The quantitative estimate of drug-likeness (QED) is 0.807. The molecule has 0 spiro atoms. The predicted molar refractivity (Wildman–Crippen MR) is 83.9 cm³/mol. The van der Waals surface area contributed by atoms with Crippen molar-refractivity contribution in [2.45, 2.75) is 71.8 Å². The molecule has 1 atom stereocenters. The molecule has 0 amide bonds. The van der Waals surface area contributed by atoms with Crippen molar-refractivity contribution in [3.8, 4) is 0 Å². The smallest absolute Gasteiger partial charge is 0.0946 e. The van der Waals surface area contributed by atoms with Gasteiger partial charge in [0.25, 0.3) is 0 Å². The fourth-order valence-corrected chi connectivity index (χ4v) is 4.09. The Bertz CT molecular complexity index is 361. The summed E-state index contributed by atoms with van der Waals surface area (Å²) in [5.74, 6) is 0.955. The highest BCUT2D eigenvalue weighted by atomic mass is 32.1. The molecule has 1 aliphatic carbocycles. The Morgan fingerprint density at radius 2 is 2.05 bits per heavy atom. The Morgan fingerprint density at radius 3 is 2.63 bits per heavy atom. The second-order valence-corrected chi connectivity index (χ2v) is 7.28. The lowest BCUT2D eigenvalue weighted by Crippen LogP contribution is -2.33. The molecule has 1 aromatic rings. The number of aromatic nitrogens is 1. The molecule has 0 aromatic carbocycles. The molecule has 1 N–H and O–H groups in total. The van der Waals surface area contributed by atoms with Crippen LogP contribution in [-0.2, 0) is 6.42 Å². The maximum Gasteiger partial charge on any atom is 0.0946 e. The summed E-state index contributed by atoms with van der Waals surface area (Å²) >= 11 is 1.88. The van der Waals surface area contributed by atoms with Crippen LogP contribution in [0.15, 0.2) is 0 Å². The highest BCUT2D eigenvalue weighted by Crippen LogP contribution is 2.29. The average Bonchev–Trinajstić information content (AvgIpc) is 2.98. The Morgan fingerprint density at radius 1 is 1.32 bits per heavy atom. The molecule has 3 heteroatoms. The molecule has 1 heterocycles. The summed E-state index contributed by atoms with van der Waals surface area (Å²) in [6.45, 7) is 7.70. The number of nitrogens with one attached hydrogen (secondary N) is 1. The zero-order valence-electron chi connectivity index (χ0n) is 12.7. The van der Waals surface area contributed by atoms with Crippen molar-refractivity contribution in [1.29, 1.82) is 0 Å². The van der Waals surface area contributed by atoms with Crippen molar-refractivity contribution in [2.75, 3.05) is 6.54 Å². The normalized spacial score (nSPS) is 18.1. The second-order valence-electron chi connectivity index (χ2n) is 5.99. The van der Waals surface area contributed by atoms with Crippen LogP contribution in [0.4, 0.5) is 0 Å². The third-order valence-corrected chi connectivity index (χ3v) is 5.36. The van der Waals surface area contributed by atoms with E-state index in [9.17, 15) is 0 Å². The number of hydrogen-bond acceptors (Lipinski definition) is 3. The highest BCUT2D eigenvalue weighted by molar-refractivity contribution is 7.11. The molecule has 0 radical (unpaired) electrons. The fraction of sp³-hybridized carbons (Fsp3) is 0.812. The first-order valence-electron chi connectivity index (χ1n) is 7.85. The summed E-state index contributed by atoms with van der Waals surface area (Å²) in [7, 11) is 0. The molecule has 1 unspecified atom stereocenters. The number of aryl methyl sites for hydroxylation is 2. The highest BCUT2D eigenvalue weighted by Gasteiger charge is 2.21. The van der Waals surface area contributed by atoms with E-state index in [1.165, 1.54) is 54.1 Å². The van der Waals surface area contributed by atoms with Gasteiger partial charge in [0.1, 0.15) is 0 Å². The summed E-state index contributed by atoms with van der Waals surface area (Å²) in [4.78, 5) is 6.09. The summed E-state index contributed by atoms with van der Waals surface area (Å²) in [5, 5.41) is 5.06. The monoisotopic (exact) mass is 280 g/mol. The van der Waals surface area contributed by atoms with E-state index < -0.39 is 0 Å². The van der Waals surface area contributed by atoms with Crippen LogP contribution in [0.3, 0.4) is 0 Å². The topological polar surface area (TPSA) is 24.9 Å². The minimum atomic E-state index is 0.632. The minimum Gasteiger partial charge on any atom is -0.314 e. The summed E-state index contributed by atoms with van der Waals surface area (Å²) in [6, 6.07) is 0.632. The Labute approximate surface area is 122 Å². The Kier molecular flexibility index (Phi) is 5.83. The van der Waals surface area contributed by atoms with Crippen LogP contribution in [0.2, 0.25) is 0 Å². The van der Waals surface area contributed by atoms with Gasteiger partial charge in [-0.3, -0.25) is 0 Å². The standard InChI is InChI=1S/C16H28N2S/c1-4-9-17-15(10-14-7-5-6-8-14)11-16-18-12(2)13(3)19-16/h14-15,17H,4-11H2,1-3H3. The van der Waals surface area contributed by atoms with Crippen LogP contribution < -0.4 is 5.32 Å². The number of nitrogens with zero attached hydrogens (tertiary/aromatic N) is 1. The number of hydrogen-bond donors (Lipinski definition) is 1. The van der Waals surface area contributed by atoms with E-state index in [1.807, 2.05) is 11.3 Å². The SMILES string of the molecule is CCCNC(Cc1nc(C)c(C)s1)CC1CCCC1. The summed E-state index contributed by atoms with van der Waals surface area (Å²) < 4.78 is 0. The van der Waals surface area contributed by atoms with Gasteiger partial charge in [0.15, 0.2) is 0 Å². The molecule has 1 saturated carbocycles. The molecule has 0 aliphatic heterocycles. The summed E-state index contributed by atoms with van der Waals surface area (Å²) in [5.41, 5.74) is 1.22. The van der Waals surface area contributed by atoms with Crippen LogP contribution in [0, 0.1) is 19.8 Å². The third kappa shape index (κ3) is 4.57. The van der Waals surface area contributed by atoms with E-state index in [0.717, 1.165) is 18.9 Å². The lowest BCUT2D eigenvalue weighted by atomic mass is 9.96. The van der Waals surface area contributed by atoms with E-state index in [2.05, 4.69) is 26.1 Å². The zero-order valence-corrected chi connectivity index (χ0v) is 13.5. The van der Waals surface area contributed by atoms with Gasteiger partial charge in [0, 0.05) is 17.3 Å². The van der Waals surface area contributed by atoms with Crippen molar-refractivity contribution in [3.63, 3.8) is 0 Å². The van der Waals surface area contributed by atoms with Crippen LogP contribution >= 0.6 is 11.3 Å². The van der Waals surface area contributed by atoms with Gasteiger partial charge in [-0.2, -0.15) is 0 Å². The van der Waals surface area contributed by atoms with Crippen LogP contribution in [0.1, 0.15) is 61.0 Å². The van der Waals surface area contributed by atoms with Gasteiger partial charge >= 0.3 is 0 Å². The molecule has 1 fully saturated rings. The minimum absolute atomic E-state index is 0.632.